The number of unbranched alkanes of at least 4 members (excludes halogenated alkanes) is 1. The zero-order chi connectivity index (χ0) is 12.2. The molecule has 0 aromatic carbocycles. The quantitative estimate of drug-likeness (QED) is 0.706. The van der Waals surface area contributed by atoms with E-state index in [1.54, 1.807) is 0 Å². The van der Waals surface area contributed by atoms with Crippen LogP contribution in [0.2, 0.25) is 0 Å². The van der Waals surface area contributed by atoms with Gasteiger partial charge in [0.05, 0.1) is 0 Å². The molecule has 0 saturated heterocycles. The minimum atomic E-state index is -3.45. The first-order valence-corrected chi connectivity index (χ1v) is 6.55. The Labute approximate surface area is 96.3 Å². The van der Waals surface area contributed by atoms with E-state index in [0.29, 0.717) is 18.8 Å². The van der Waals surface area contributed by atoms with Crippen molar-refractivity contribution < 1.29 is 8.42 Å². The molecule has 0 aliphatic heterocycles. The highest BCUT2D eigenvalue weighted by molar-refractivity contribution is 7.87. The Morgan fingerprint density at radius 3 is 2.69 bits per heavy atom. The molecule has 0 spiro atoms. The first kappa shape index (κ1) is 13.1. The zero-order valence-corrected chi connectivity index (χ0v) is 10.4. The second-order valence-electron chi connectivity index (χ2n) is 3.68. The van der Waals surface area contributed by atoms with Gasteiger partial charge in [0.1, 0.15) is 5.82 Å². The summed E-state index contributed by atoms with van der Waals surface area (Å²) in [7, 11) is -0.447. The van der Waals surface area contributed by atoms with Crippen LogP contribution in [0.1, 0.15) is 18.7 Å². The third kappa shape index (κ3) is 2.81. The number of hydrogen-bond donors (Lipinski definition) is 1. The Hall–Kier alpha value is -0.920. The molecule has 7 heteroatoms. The summed E-state index contributed by atoms with van der Waals surface area (Å²) in [5.74, 6) is 0.558. The van der Waals surface area contributed by atoms with Gasteiger partial charge in [-0.05, 0) is 19.4 Å². The van der Waals surface area contributed by atoms with Crippen LogP contribution in [0.25, 0.3) is 0 Å². The van der Waals surface area contributed by atoms with Crippen LogP contribution in [0, 0.1) is 0 Å². The Kier molecular flexibility index (Phi) is 4.45. The first-order valence-electron chi connectivity index (χ1n) is 5.15. The molecule has 0 fully saturated rings. The maximum absolute atomic E-state index is 11.9. The van der Waals surface area contributed by atoms with Crippen molar-refractivity contribution in [2.45, 2.75) is 19.3 Å². The van der Waals surface area contributed by atoms with Crippen LogP contribution in [0.15, 0.2) is 12.4 Å². The third-order valence-corrected chi connectivity index (χ3v) is 4.00. The summed E-state index contributed by atoms with van der Waals surface area (Å²) in [6.45, 7) is 0.612. The van der Waals surface area contributed by atoms with Crippen LogP contribution in [0.3, 0.4) is 0 Å². The van der Waals surface area contributed by atoms with Crippen LogP contribution in [-0.4, -0.2) is 42.3 Å². The van der Waals surface area contributed by atoms with E-state index >= 15 is 0 Å². The number of nitrogens with two attached hydrogens (primary N) is 1. The van der Waals surface area contributed by atoms with Gasteiger partial charge in [0.2, 0.25) is 0 Å². The smallest absolute Gasteiger partial charge is 0.308 e. The number of nitrogens with zero attached hydrogens (tertiary/aromatic N) is 3. The molecule has 0 saturated carbocycles. The predicted molar refractivity (Wildman–Crippen MR) is 62.2 cm³/mol. The van der Waals surface area contributed by atoms with Crippen LogP contribution in [0.5, 0.6) is 0 Å². The molecule has 6 nitrogen and oxygen atoms in total. The highest BCUT2D eigenvalue weighted by atomic mass is 32.2. The zero-order valence-electron chi connectivity index (χ0n) is 9.63. The molecular weight excluding hydrogens is 228 g/mol. The van der Waals surface area contributed by atoms with Gasteiger partial charge >= 0.3 is 10.2 Å². The second-order valence-corrected chi connectivity index (χ2v) is 5.69. The minimum Gasteiger partial charge on any atom is -0.330 e. The number of imidazole rings is 1. The average Bonchev–Trinajstić information content (AvgIpc) is 2.66. The Bertz CT molecular complexity index is 424. The molecule has 1 heterocycles. The molecule has 0 aliphatic carbocycles. The highest BCUT2D eigenvalue weighted by Gasteiger charge is 2.19. The molecule has 0 bridgehead atoms. The van der Waals surface area contributed by atoms with Crippen LogP contribution in [-0.2, 0) is 16.6 Å². The molecule has 1 rings (SSSR count). The summed E-state index contributed by atoms with van der Waals surface area (Å²) < 4.78 is 26.1. The SMILES string of the molecule is CN(C)S(=O)(=O)n1ccnc1CCCCN. The Balaban J connectivity index is 2.86. The van der Waals surface area contributed by atoms with Crippen LogP contribution < -0.4 is 5.73 Å². The monoisotopic (exact) mass is 246 g/mol. The lowest BCUT2D eigenvalue weighted by molar-refractivity contribution is 0.507. The van der Waals surface area contributed by atoms with E-state index in [1.165, 1.54) is 34.8 Å². The summed E-state index contributed by atoms with van der Waals surface area (Å²) in [5.41, 5.74) is 5.39. The van der Waals surface area contributed by atoms with Crippen molar-refractivity contribution in [3.05, 3.63) is 18.2 Å². The summed E-state index contributed by atoms with van der Waals surface area (Å²) >= 11 is 0. The molecule has 2 N–H and O–H groups in total. The molecule has 16 heavy (non-hydrogen) atoms. The highest BCUT2D eigenvalue weighted by Crippen LogP contribution is 2.08. The fraction of sp³-hybridized carbons (Fsp3) is 0.667. The average molecular weight is 246 g/mol. The van der Waals surface area contributed by atoms with Crippen molar-refractivity contribution in [2.75, 3.05) is 20.6 Å². The number of rotatable bonds is 6. The molecule has 0 aliphatic rings. The van der Waals surface area contributed by atoms with Gasteiger partial charge in [-0.3, -0.25) is 0 Å². The van der Waals surface area contributed by atoms with Gasteiger partial charge in [0.15, 0.2) is 0 Å². The van der Waals surface area contributed by atoms with Gasteiger partial charge in [0, 0.05) is 32.9 Å². The van der Waals surface area contributed by atoms with E-state index in [0.717, 1.165) is 12.8 Å². The number of aryl methyl sites for hydroxylation is 1. The van der Waals surface area contributed by atoms with E-state index in [2.05, 4.69) is 4.98 Å². The molecule has 0 unspecified atom stereocenters. The van der Waals surface area contributed by atoms with Crippen LogP contribution in [0.4, 0.5) is 0 Å². The standard InChI is InChI=1S/C9H18N4O2S/c1-12(2)16(14,15)13-8-7-11-9(13)5-3-4-6-10/h7-8H,3-6,10H2,1-2H3. The van der Waals surface area contributed by atoms with Gasteiger partial charge in [0.25, 0.3) is 0 Å². The fourth-order valence-corrected chi connectivity index (χ4v) is 2.28. The maximum Gasteiger partial charge on any atom is 0.308 e. The maximum atomic E-state index is 11.9. The van der Waals surface area contributed by atoms with Crippen molar-refractivity contribution in [3.63, 3.8) is 0 Å². The Morgan fingerprint density at radius 2 is 2.12 bits per heavy atom. The molecule has 0 atom stereocenters. The van der Waals surface area contributed by atoms with E-state index < -0.39 is 10.2 Å². The van der Waals surface area contributed by atoms with E-state index in [-0.39, 0.29) is 0 Å². The van der Waals surface area contributed by atoms with E-state index in [4.69, 9.17) is 5.73 Å². The molecule has 0 amide bonds. The minimum absolute atomic E-state index is 0.558. The van der Waals surface area contributed by atoms with Crippen molar-refractivity contribution in [1.82, 2.24) is 13.3 Å². The molecule has 1 aromatic rings. The fourth-order valence-electron chi connectivity index (χ4n) is 1.31. The van der Waals surface area contributed by atoms with Gasteiger partial charge < -0.3 is 5.73 Å². The molecular formula is C9H18N4O2S. The van der Waals surface area contributed by atoms with Gasteiger partial charge in [-0.2, -0.15) is 12.7 Å². The number of hydrogen-bond acceptors (Lipinski definition) is 4. The van der Waals surface area contributed by atoms with Crippen LogP contribution >= 0.6 is 0 Å². The topological polar surface area (TPSA) is 81.2 Å². The Morgan fingerprint density at radius 1 is 1.44 bits per heavy atom. The summed E-state index contributed by atoms with van der Waals surface area (Å²) in [6.07, 6.45) is 5.30. The lowest BCUT2D eigenvalue weighted by Crippen LogP contribution is -2.29. The summed E-state index contributed by atoms with van der Waals surface area (Å²) in [4.78, 5) is 4.05. The second kappa shape index (κ2) is 5.42. The summed E-state index contributed by atoms with van der Waals surface area (Å²) in [6, 6.07) is 0. The van der Waals surface area contributed by atoms with Gasteiger partial charge in [-0.25, -0.2) is 8.96 Å². The third-order valence-electron chi connectivity index (χ3n) is 2.24. The summed E-state index contributed by atoms with van der Waals surface area (Å²) in [5, 5.41) is 0. The molecule has 92 valence electrons. The molecule has 1 aromatic heterocycles. The van der Waals surface area contributed by atoms with Crippen molar-refractivity contribution in [2.24, 2.45) is 5.73 Å². The van der Waals surface area contributed by atoms with Gasteiger partial charge in [-0.1, -0.05) is 0 Å². The lowest BCUT2D eigenvalue weighted by atomic mass is 10.2. The van der Waals surface area contributed by atoms with Crippen molar-refractivity contribution >= 4 is 10.2 Å². The van der Waals surface area contributed by atoms with E-state index in [1.807, 2.05) is 0 Å². The first-order chi connectivity index (χ1) is 7.50. The normalized spacial score (nSPS) is 12.2. The van der Waals surface area contributed by atoms with Crippen molar-refractivity contribution in [1.29, 1.82) is 0 Å². The molecule has 0 radical (unpaired) electrons. The van der Waals surface area contributed by atoms with Gasteiger partial charge in [-0.15, -0.1) is 0 Å². The largest absolute Gasteiger partial charge is 0.330 e. The number of aromatic nitrogens is 2. The lowest BCUT2D eigenvalue weighted by Gasteiger charge is -2.14. The van der Waals surface area contributed by atoms with Crippen molar-refractivity contribution in [3.8, 4) is 0 Å². The predicted octanol–water partition coefficient (Wildman–Crippen LogP) is -0.181. The van der Waals surface area contributed by atoms with E-state index in [9.17, 15) is 8.42 Å².